The van der Waals surface area contributed by atoms with Crippen molar-refractivity contribution in [3.63, 3.8) is 0 Å². The second kappa shape index (κ2) is 5.61. The molecule has 0 aliphatic heterocycles. The standard InChI is InChI=1S/C11H24N2/c1-10(2)6-8-13(9-7-12)11-4-3-5-11/h10-11H,3-9,12H2,1-2H3. The summed E-state index contributed by atoms with van der Waals surface area (Å²) in [5.41, 5.74) is 5.61. The Hall–Kier alpha value is -0.0800. The molecule has 0 unspecified atom stereocenters. The second-order valence-electron chi connectivity index (χ2n) is 4.59. The fraction of sp³-hybridized carbons (Fsp3) is 1.00. The lowest BCUT2D eigenvalue weighted by molar-refractivity contribution is 0.125. The van der Waals surface area contributed by atoms with Gasteiger partial charge in [0.05, 0.1) is 0 Å². The van der Waals surface area contributed by atoms with Gasteiger partial charge in [-0.1, -0.05) is 20.3 Å². The van der Waals surface area contributed by atoms with Gasteiger partial charge in [-0.3, -0.25) is 4.90 Å². The van der Waals surface area contributed by atoms with E-state index in [9.17, 15) is 0 Å². The maximum atomic E-state index is 5.61. The van der Waals surface area contributed by atoms with Gasteiger partial charge < -0.3 is 5.73 Å². The van der Waals surface area contributed by atoms with E-state index in [-0.39, 0.29) is 0 Å². The summed E-state index contributed by atoms with van der Waals surface area (Å²) in [5.74, 6) is 0.820. The molecule has 0 amide bonds. The largest absolute Gasteiger partial charge is 0.329 e. The molecule has 1 rings (SSSR count). The van der Waals surface area contributed by atoms with E-state index in [1.807, 2.05) is 0 Å². The van der Waals surface area contributed by atoms with Crippen molar-refractivity contribution in [2.24, 2.45) is 11.7 Å². The van der Waals surface area contributed by atoms with Crippen molar-refractivity contribution in [2.75, 3.05) is 19.6 Å². The smallest absolute Gasteiger partial charge is 0.0108 e. The highest BCUT2D eigenvalue weighted by Gasteiger charge is 2.23. The molecule has 2 heteroatoms. The predicted octanol–water partition coefficient (Wildman–Crippen LogP) is 1.85. The molecule has 0 atom stereocenters. The Morgan fingerprint density at radius 2 is 2.00 bits per heavy atom. The third-order valence-electron chi connectivity index (χ3n) is 3.00. The zero-order chi connectivity index (χ0) is 9.68. The monoisotopic (exact) mass is 184 g/mol. The zero-order valence-electron chi connectivity index (χ0n) is 9.13. The van der Waals surface area contributed by atoms with Gasteiger partial charge in [-0.25, -0.2) is 0 Å². The molecule has 13 heavy (non-hydrogen) atoms. The highest BCUT2D eigenvalue weighted by molar-refractivity contribution is 4.80. The zero-order valence-corrected chi connectivity index (χ0v) is 9.13. The summed E-state index contributed by atoms with van der Waals surface area (Å²) < 4.78 is 0. The summed E-state index contributed by atoms with van der Waals surface area (Å²) in [5, 5.41) is 0. The first-order valence-corrected chi connectivity index (χ1v) is 5.68. The van der Waals surface area contributed by atoms with Crippen LogP contribution in [0.4, 0.5) is 0 Å². The third-order valence-corrected chi connectivity index (χ3v) is 3.00. The molecule has 1 aliphatic rings. The molecule has 2 N–H and O–H groups in total. The summed E-state index contributed by atoms with van der Waals surface area (Å²) in [6.45, 7) is 7.74. The minimum absolute atomic E-state index is 0.814. The molecule has 1 saturated carbocycles. The summed E-state index contributed by atoms with van der Waals surface area (Å²) >= 11 is 0. The van der Waals surface area contributed by atoms with Gasteiger partial charge in [0.2, 0.25) is 0 Å². The maximum Gasteiger partial charge on any atom is 0.0108 e. The van der Waals surface area contributed by atoms with Gasteiger partial charge in [0.25, 0.3) is 0 Å². The number of hydrogen-bond acceptors (Lipinski definition) is 2. The molecule has 0 aromatic carbocycles. The fourth-order valence-electron chi connectivity index (χ4n) is 1.82. The minimum Gasteiger partial charge on any atom is -0.329 e. The van der Waals surface area contributed by atoms with Crippen LogP contribution in [0.5, 0.6) is 0 Å². The summed E-state index contributed by atoms with van der Waals surface area (Å²) in [4.78, 5) is 2.59. The van der Waals surface area contributed by atoms with Crippen LogP contribution in [0.15, 0.2) is 0 Å². The van der Waals surface area contributed by atoms with Gasteiger partial charge in [-0.15, -0.1) is 0 Å². The molecule has 78 valence electrons. The Morgan fingerprint density at radius 3 is 2.38 bits per heavy atom. The quantitative estimate of drug-likeness (QED) is 0.682. The molecular formula is C11H24N2. The number of nitrogens with two attached hydrogens (primary N) is 1. The van der Waals surface area contributed by atoms with E-state index in [1.54, 1.807) is 0 Å². The van der Waals surface area contributed by atoms with Gasteiger partial charge in [-0.05, 0) is 31.7 Å². The Bertz CT molecular complexity index is 130. The first-order valence-electron chi connectivity index (χ1n) is 5.68. The van der Waals surface area contributed by atoms with Crippen molar-refractivity contribution in [1.82, 2.24) is 4.90 Å². The lowest BCUT2D eigenvalue weighted by Gasteiger charge is -2.37. The van der Waals surface area contributed by atoms with Crippen molar-refractivity contribution in [2.45, 2.75) is 45.6 Å². The van der Waals surface area contributed by atoms with E-state index in [0.717, 1.165) is 25.0 Å². The van der Waals surface area contributed by atoms with Crippen molar-refractivity contribution in [3.05, 3.63) is 0 Å². The van der Waals surface area contributed by atoms with E-state index in [2.05, 4.69) is 18.7 Å². The van der Waals surface area contributed by atoms with Crippen molar-refractivity contribution in [1.29, 1.82) is 0 Å². The number of nitrogens with zero attached hydrogens (tertiary/aromatic N) is 1. The lowest BCUT2D eigenvalue weighted by Crippen LogP contribution is -2.43. The molecule has 0 heterocycles. The Morgan fingerprint density at radius 1 is 1.31 bits per heavy atom. The normalized spacial score (nSPS) is 18.2. The number of hydrogen-bond donors (Lipinski definition) is 1. The van der Waals surface area contributed by atoms with Gasteiger partial charge in [-0.2, -0.15) is 0 Å². The topological polar surface area (TPSA) is 29.3 Å². The van der Waals surface area contributed by atoms with Crippen LogP contribution in [0.1, 0.15) is 39.5 Å². The molecule has 1 fully saturated rings. The number of rotatable bonds is 6. The second-order valence-corrected chi connectivity index (χ2v) is 4.59. The van der Waals surface area contributed by atoms with Crippen LogP contribution in [0.2, 0.25) is 0 Å². The molecule has 1 aliphatic carbocycles. The molecule has 0 aromatic heterocycles. The van der Waals surface area contributed by atoms with Gasteiger partial charge in [0.15, 0.2) is 0 Å². The average molecular weight is 184 g/mol. The van der Waals surface area contributed by atoms with Crippen LogP contribution >= 0.6 is 0 Å². The Kier molecular flexibility index (Phi) is 4.74. The van der Waals surface area contributed by atoms with E-state index in [1.165, 1.54) is 32.2 Å². The predicted molar refractivity (Wildman–Crippen MR) is 57.7 cm³/mol. The van der Waals surface area contributed by atoms with Crippen molar-refractivity contribution < 1.29 is 0 Å². The van der Waals surface area contributed by atoms with Crippen molar-refractivity contribution >= 4 is 0 Å². The Labute approximate surface area is 82.5 Å². The molecule has 0 radical (unpaired) electrons. The molecule has 0 spiro atoms. The van der Waals surface area contributed by atoms with Gasteiger partial charge >= 0.3 is 0 Å². The fourth-order valence-corrected chi connectivity index (χ4v) is 1.82. The van der Waals surface area contributed by atoms with E-state index in [0.29, 0.717) is 0 Å². The first kappa shape index (κ1) is 11.0. The lowest BCUT2D eigenvalue weighted by atomic mass is 9.91. The molecule has 0 bridgehead atoms. The summed E-state index contributed by atoms with van der Waals surface area (Å²) in [6.07, 6.45) is 5.54. The Balaban J connectivity index is 2.20. The molecule has 2 nitrogen and oxygen atoms in total. The van der Waals surface area contributed by atoms with Crippen LogP contribution in [-0.2, 0) is 0 Å². The van der Waals surface area contributed by atoms with Crippen LogP contribution < -0.4 is 5.73 Å². The molecular weight excluding hydrogens is 160 g/mol. The van der Waals surface area contributed by atoms with Gasteiger partial charge in [0, 0.05) is 19.1 Å². The summed E-state index contributed by atoms with van der Waals surface area (Å²) in [7, 11) is 0. The van der Waals surface area contributed by atoms with Crippen LogP contribution in [0.3, 0.4) is 0 Å². The minimum atomic E-state index is 0.814. The van der Waals surface area contributed by atoms with E-state index < -0.39 is 0 Å². The third kappa shape index (κ3) is 3.65. The SMILES string of the molecule is CC(C)CCN(CCN)C1CCC1. The first-order chi connectivity index (χ1) is 6.24. The van der Waals surface area contributed by atoms with Gasteiger partial charge in [0.1, 0.15) is 0 Å². The molecule has 0 aromatic rings. The molecule has 0 saturated heterocycles. The maximum absolute atomic E-state index is 5.61. The van der Waals surface area contributed by atoms with Crippen LogP contribution in [0.25, 0.3) is 0 Å². The van der Waals surface area contributed by atoms with Crippen LogP contribution in [0, 0.1) is 5.92 Å². The van der Waals surface area contributed by atoms with E-state index in [4.69, 9.17) is 5.73 Å². The highest BCUT2D eigenvalue weighted by atomic mass is 15.2. The summed E-state index contributed by atoms with van der Waals surface area (Å²) in [6, 6.07) is 0.863. The van der Waals surface area contributed by atoms with E-state index >= 15 is 0 Å². The highest BCUT2D eigenvalue weighted by Crippen LogP contribution is 2.24. The van der Waals surface area contributed by atoms with Crippen LogP contribution in [-0.4, -0.2) is 30.6 Å². The van der Waals surface area contributed by atoms with Crippen molar-refractivity contribution in [3.8, 4) is 0 Å². The average Bonchev–Trinajstić information content (AvgIpc) is 1.97.